The van der Waals surface area contributed by atoms with E-state index in [1.54, 1.807) is 4.90 Å². The molecule has 31 heavy (non-hydrogen) atoms. The number of hydrogen-bond donors (Lipinski definition) is 0. The fourth-order valence-corrected chi connectivity index (χ4v) is 3.48. The van der Waals surface area contributed by atoms with Crippen molar-refractivity contribution in [1.29, 1.82) is 0 Å². The number of likely N-dealkylation sites (tertiary alicyclic amines) is 1. The summed E-state index contributed by atoms with van der Waals surface area (Å²) in [6.45, 7) is 7.48. The van der Waals surface area contributed by atoms with Crippen LogP contribution in [0.25, 0.3) is 0 Å². The van der Waals surface area contributed by atoms with E-state index in [9.17, 15) is 18.0 Å². The largest absolute Gasteiger partial charge is 0.416 e. The van der Waals surface area contributed by atoms with Crippen molar-refractivity contribution < 1.29 is 27.4 Å². The Balaban J connectivity index is 1.57. The van der Waals surface area contributed by atoms with Crippen molar-refractivity contribution in [2.75, 3.05) is 39.8 Å². The minimum absolute atomic E-state index is 0.104. The molecular formula is C23H33F3N2O3. The Hall–Kier alpha value is -2.06. The Bertz CT molecular complexity index is 672. The smallest absolute Gasteiger partial charge is 0.410 e. The molecule has 1 aromatic carbocycles. The fourth-order valence-electron chi connectivity index (χ4n) is 3.48. The normalized spacial score (nSPS) is 15.3. The van der Waals surface area contributed by atoms with E-state index in [1.165, 1.54) is 12.8 Å². The summed E-state index contributed by atoms with van der Waals surface area (Å²) in [6.07, 6.45) is 3.07. The Labute approximate surface area is 182 Å². The van der Waals surface area contributed by atoms with Gasteiger partial charge in [-0.3, -0.25) is 0 Å². The Kier molecular flexibility index (Phi) is 10.3. The van der Waals surface area contributed by atoms with Gasteiger partial charge in [-0.1, -0.05) is 18.9 Å². The predicted molar refractivity (Wildman–Crippen MR) is 114 cm³/mol. The molecule has 0 radical (unpaired) electrons. The average Bonchev–Trinajstić information content (AvgIpc) is 2.73. The molecule has 0 atom stereocenters. The number of hydrogen-bond acceptors (Lipinski definition) is 4. The minimum atomic E-state index is -4.41. The second-order valence-electron chi connectivity index (χ2n) is 7.91. The molecule has 1 fully saturated rings. The van der Waals surface area contributed by atoms with Gasteiger partial charge >= 0.3 is 12.3 Å². The molecule has 1 aliphatic heterocycles. The van der Waals surface area contributed by atoms with E-state index in [0.717, 1.165) is 69.6 Å². The summed E-state index contributed by atoms with van der Waals surface area (Å²) in [5, 5.41) is 0. The lowest BCUT2D eigenvalue weighted by molar-refractivity contribution is -0.137. The second-order valence-corrected chi connectivity index (χ2v) is 7.91. The average molecular weight is 443 g/mol. The number of nitrogens with zero attached hydrogens (tertiary/aromatic N) is 2. The van der Waals surface area contributed by atoms with E-state index < -0.39 is 17.8 Å². The summed E-state index contributed by atoms with van der Waals surface area (Å²) in [7, 11) is 2.09. The first-order valence-corrected chi connectivity index (χ1v) is 10.8. The molecule has 1 aliphatic rings. The molecule has 0 N–H and O–H groups in total. The lowest BCUT2D eigenvalue weighted by atomic mass is 10.1. The van der Waals surface area contributed by atoms with E-state index >= 15 is 0 Å². The van der Waals surface area contributed by atoms with Crippen LogP contribution in [0, 0.1) is 0 Å². The maximum atomic E-state index is 12.6. The molecule has 5 nitrogen and oxygen atoms in total. The van der Waals surface area contributed by atoms with Gasteiger partial charge < -0.3 is 19.3 Å². The van der Waals surface area contributed by atoms with Crippen LogP contribution in [0.15, 0.2) is 36.9 Å². The number of benzene rings is 1. The van der Waals surface area contributed by atoms with Gasteiger partial charge in [-0.05, 0) is 63.5 Å². The van der Waals surface area contributed by atoms with Crippen LogP contribution in [-0.2, 0) is 10.9 Å². The van der Waals surface area contributed by atoms with E-state index in [0.29, 0.717) is 13.1 Å². The van der Waals surface area contributed by atoms with Crippen LogP contribution in [0.5, 0.6) is 5.75 Å². The molecule has 1 aromatic rings. The van der Waals surface area contributed by atoms with Crippen LogP contribution in [-0.4, -0.2) is 61.8 Å². The first-order chi connectivity index (χ1) is 14.8. The molecule has 0 aliphatic carbocycles. The summed E-state index contributed by atoms with van der Waals surface area (Å²) >= 11 is 0. The molecule has 0 saturated carbocycles. The highest BCUT2D eigenvalue weighted by atomic mass is 19.4. The molecule has 2 rings (SSSR count). The van der Waals surface area contributed by atoms with Gasteiger partial charge in [-0.25, -0.2) is 4.79 Å². The van der Waals surface area contributed by atoms with Gasteiger partial charge in [0.15, 0.2) is 0 Å². The highest BCUT2D eigenvalue weighted by molar-refractivity contribution is 5.70. The van der Waals surface area contributed by atoms with Crippen molar-refractivity contribution in [3.8, 4) is 5.75 Å². The van der Waals surface area contributed by atoms with Crippen molar-refractivity contribution in [2.24, 2.45) is 0 Å². The van der Waals surface area contributed by atoms with E-state index in [-0.39, 0.29) is 11.9 Å². The highest BCUT2D eigenvalue weighted by Crippen LogP contribution is 2.30. The summed E-state index contributed by atoms with van der Waals surface area (Å²) in [5.74, 6) is 0.104. The number of amides is 1. The highest BCUT2D eigenvalue weighted by Gasteiger charge is 2.30. The van der Waals surface area contributed by atoms with Crippen molar-refractivity contribution >= 4 is 6.09 Å². The number of rotatable bonds is 11. The number of likely N-dealkylation sites (N-methyl/N-ethyl adjacent to an activating group) is 1. The number of carbonyl (C=O) groups excluding carboxylic acids is 1. The van der Waals surface area contributed by atoms with Crippen LogP contribution in [0.1, 0.15) is 44.1 Å². The number of unbranched alkanes of at least 4 members (excludes halogenated alkanes) is 3. The van der Waals surface area contributed by atoms with Crippen molar-refractivity contribution in [3.05, 3.63) is 42.5 Å². The zero-order chi connectivity index (χ0) is 22.7. The molecule has 0 unspecified atom stereocenters. The molecule has 1 amide bonds. The quantitative estimate of drug-likeness (QED) is 0.342. The number of ether oxygens (including phenoxy) is 2. The van der Waals surface area contributed by atoms with Crippen LogP contribution < -0.4 is 4.74 Å². The van der Waals surface area contributed by atoms with E-state index in [4.69, 9.17) is 9.47 Å². The first kappa shape index (κ1) is 25.2. The number of alkyl halides is 3. The van der Waals surface area contributed by atoms with Crippen molar-refractivity contribution in [3.63, 3.8) is 0 Å². The van der Waals surface area contributed by atoms with Gasteiger partial charge in [-0.2, -0.15) is 13.2 Å². The third-order valence-electron chi connectivity index (χ3n) is 5.32. The molecule has 0 aromatic heterocycles. The van der Waals surface area contributed by atoms with Gasteiger partial charge in [0.2, 0.25) is 0 Å². The number of piperidine rings is 1. The van der Waals surface area contributed by atoms with Crippen LogP contribution >= 0.6 is 0 Å². The fraction of sp³-hybridized carbons (Fsp3) is 0.609. The van der Waals surface area contributed by atoms with Crippen LogP contribution in [0.4, 0.5) is 18.0 Å². The number of halogens is 3. The standard InChI is InChI=1S/C23H33F3N2O3/c1-3-14-27(2)15-6-4-5-7-18-30-20-12-16-28(17-13-20)22(29)31-21-10-8-19(9-11-21)23(24,25)26/h3,8-11,20H,1,4-7,12-18H2,2H3. The zero-order valence-electron chi connectivity index (χ0n) is 18.2. The van der Waals surface area contributed by atoms with Gasteiger partial charge in [0.05, 0.1) is 11.7 Å². The third kappa shape index (κ3) is 9.31. The summed E-state index contributed by atoms with van der Waals surface area (Å²) in [5.41, 5.74) is -0.773. The monoisotopic (exact) mass is 442 g/mol. The minimum Gasteiger partial charge on any atom is -0.410 e. The first-order valence-electron chi connectivity index (χ1n) is 10.8. The van der Waals surface area contributed by atoms with E-state index in [1.807, 2.05) is 6.08 Å². The maximum absolute atomic E-state index is 12.6. The van der Waals surface area contributed by atoms with Gasteiger partial charge in [0.1, 0.15) is 5.75 Å². The molecule has 1 saturated heterocycles. The lowest BCUT2D eigenvalue weighted by Crippen LogP contribution is -2.42. The molecule has 0 bridgehead atoms. The molecule has 174 valence electrons. The maximum Gasteiger partial charge on any atom is 0.416 e. The number of carbonyl (C=O) groups is 1. The Morgan fingerprint density at radius 2 is 1.81 bits per heavy atom. The SMILES string of the molecule is C=CCN(C)CCCCCCOC1CCN(C(=O)Oc2ccc(C(F)(F)F)cc2)CC1. The van der Waals surface area contributed by atoms with Crippen LogP contribution in [0.3, 0.4) is 0 Å². The molecule has 1 heterocycles. The molecule has 0 spiro atoms. The molecule has 8 heteroatoms. The summed E-state index contributed by atoms with van der Waals surface area (Å²) in [4.78, 5) is 16.1. The Morgan fingerprint density at radius 1 is 1.16 bits per heavy atom. The predicted octanol–water partition coefficient (Wildman–Crippen LogP) is 5.36. The van der Waals surface area contributed by atoms with Crippen molar-refractivity contribution in [1.82, 2.24) is 9.80 Å². The molecular weight excluding hydrogens is 409 g/mol. The van der Waals surface area contributed by atoms with Gasteiger partial charge in [0.25, 0.3) is 0 Å². The van der Waals surface area contributed by atoms with Gasteiger partial charge in [-0.15, -0.1) is 6.58 Å². The van der Waals surface area contributed by atoms with Gasteiger partial charge in [0, 0.05) is 26.2 Å². The summed E-state index contributed by atoms with van der Waals surface area (Å²) in [6, 6.07) is 4.13. The van der Waals surface area contributed by atoms with Crippen LogP contribution in [0.2, 0.25) is 0 Å². The third-order valence-corrected chi connectivity index (χ3v) is 5.32. The second kappa shape index (κ2) is 12.7. The Morgan fingerprint density at radius 3 is 2.42 bits per heavy atom. The lowest BCUT2D eigenvalue weighted by Gasteiger charge is -2.31. The topological polar surface area (TPSA) is 42.0 Å². The zero-order valence-corrected chi connectivity index (χ0v) is 18.2. The van der Waals surface area contributed by atoms with E-state index in [2.05, 4.69) is 18.5 Å². The summed E-state index contributed by atoms with van der Waals surface area (Å²) < 4.78 is 48.9. The van der Waals surface area contributed by atoms with Crippen molar-refractivity contribution in [2.45, 2.75) is 50.8 Å².